The molecule has 4 N–H and O–H groups in total. The molecule has 112 valence electrons. The fourth-order valence-corrected chi connectivity index (χ4v) is 2.06. The van der Waals surface area contributed by atoms with Gasteiger partial charge in [0.25, 0.3) is 0 Å². The number of carbonyl (C=O) groups is 2. The lowest BCUT2D eigenvalue weighted by molar-refractivity contribution is -0.137. The van der Waals surface area contributed by atoms with Gasteiger partial charge in [0.1, 0.15) is 0 Å². The third-order valence-corrected chi connectivity index (χ3v) is 3.36. The fraction of sp³-hybridized carbons (Fsp3) is 0.857. The maximum Gasteiger partial charge on any atom is 0.303 e. The van der Waals surface area contributed by atoms with Gasteiger partial charge in [0.05, 0.1) is 0 Å². The molecule has 0 rings (SSSR count). The molecule has 0 saturated heterocycles. The van der Waals surface area contributed by atoms with E-state index in [-0.39, 0.29) is 12.3 Å². The van der Waals surface area contributed by atoms with Crippen LogP contribution < -0.4 is 11.1 Å². The van der Waals surface area contributed by atoms with Crippen LogP contribution in [0.25, 0.3) is 0 Å². The van der Waals surface area contributed by atoms with Crippen molar-refractivity contribution < 1.29 is 14.7 Å². The van der Waals surface area contributed by atoms with E-state index in [2.05, 4.69) is 19.2 Å². The van der Waals surface area contributed by atoms with Gasteiger partial charge < -0.3 is 16.2 Å². The Balaban J connectivity index is 3.65. The average Bonchev–Trinajstić information content (AvgIpc) is 2.33. The van der Waals surface area contributed by atoms with E-state index in [0.29, 0.717) is 44.2 Å². The first-order valence-electron chi connectivity index (χ1n) is 7.16. The molecule has 19 heavy (non-hydrogen) atoms. The van der Waals surface area contributed by atoms with Gasteiger partial charge in [-0.05, 0) is 44.1 Å². The molecule has 0 aromatic carbocycles. The number of nitrogens with one attached hydrogen (secondary N) is 1. The van der Waals surface area contributed by atoms with Crippen LogP contribution in [0.3, 0.4) is 0 Å². The standard InChI is InChI=1S/C14H28N2O3/c1-11(2)12(8-9-15)6-7-13(17)16-10-4-3-5-14(18)19/h11-12H,3-10,15H2,1-2H3,(H,16,17)(H,18,19). The highest BCUT2D eigenvalue weighted by atomic mass is 16.4. The highest BCUT2D eigenvalue weighted by molar-refractivity contribution is 5.75. The van der Waals surface area contributed by atoms with E-state index in [1.807, 2.05) is 0 Å². The zero-order valence-corrected chi connectivity index (χ0v) is 12.2. The van der Waals surface area contributed by atoms with Crippen LogP contribution in [0, 0.1) is 11.8 Å². The first-order valence-corrected chi connectivity index (χ1v) is 7.16. The maximum absolute atomic E-state index is 11.6. The molecule has 1 unspecified atom stereocenters. The highest BCUT2D eigenvalue weighted by Gasteiger charge is 2.14. The average molecular weight is 272 g/mol. The number of hydrogen-bond acceptors (Lipinski definition) is 3. The predicted molar refractivity (Wildman–Crippen MR) is 75.7 cm³/mol. The number of nitrogens with two attached hydrogens (primary N) is 1. The van der Waals surface area contributed by atoms with Crippen molar-refractivity contribution in [3.05, 3.63) is 0 Å². The van der Waals surface area contributed by atoms with E-state index in [0.717, 1.165) is 12.8 Å². The smallest absolute Gasteiger partial charge is 0.303 e. The number of carbonyl (C=O) groups excluding carboxylic acids is 1. The number of carboxylic acid groups (broad SMARTS) is 1. The molecule has 1 amide bonds. The van der Waals surface area contributed by atoms with Crippen molar-refractivity contribution in [2.24, 2.45) is 17.6 Å². The van der Waals surface area contributed by atoms with Crippen molar-refractivity contribution >= 4 is 11.9 Å². The summed E-state index contributed by atoms with van der Waals surface area (Å²) in [6, 6.07) is 0. The molecular formula is C14H28N2O3. The van der Waals surface area contributed by atoms with Gasteiger partial charge in [-0.3, -0.25) is 9.59 Å². The molecule has 0 radical (unpaired) electrons. The van der Waals surface area contributed by atoms with Crippen molar-refractivity contribution in [3.63, 3.8) is 0 Å². The van der Waals surface area contributed by atoms with Crippen molar-refractivity contribution in [2.45, 2.75) is 52.4 Å². The second-order valence-electron chi connectivity index (χ2n) is 5.32. The molecule has 0 aliphatic heterocycles. The molecule has 0 saturated carbocycles. The maximum atomic E-state index is 11.6. The van der Waals surface area contributed by atoms with Crippen molar-refractivity contribution in [3.8, 4) is 0 Å². The number of amides is 1. The third kappa shape index (κ3) is 10.5. The molecule has 0 spiro atoms. The molecule has 0 aliphatic rings. The summed E-state index contributed by atoms with van der Waals surface area (Å²) < 4.78 is 0. The number of aliphatic carboxylic acids is 1. The Bertz CT molecular complexity index is 267. The minimum atomic E-state index is -0.784. The normalized spacial score (nSPS) is 12.4. The SMILES string of the molecule is CC(C)C(CCN)CCC(=O)NCCCCC(=O)O. The summed E-state index contributed by atoms with van der Waals surface area (Å²) in [4.78, 5) is 21.9. The number of hydrogen-bond donors (Lipinski definition) is 3. The van der Waals surface area contributed by atoms with Gasteiger partial charge in [-0.15, -0.1) is 0 Å². The van der Waals surface area contributed by atoms with Crippen LogP contribution >= 0.6 is 0 Å². The van der Waals surface area contributed by atoms with Crippen LogP contribution in [-0.4, -0.2) is 30.1 Å². The van der Waals surface area contributed by atoms with Gasteiger partial charge in [-0.2, -0.15) is 0 Å². The molecule has 0 heterocycles. The molecule has 0 bridgehead atoms. The lowest BCUT2D eigenvalue weighted by Gasteiger charge is -2.19. The van der Waals surface area contributed by atoms with Crippen LogP contribution in [0.1, 0.15) is 52.4 Å². The van der Waals surface area contributed by atoms with Crippen molar-refractivity contribution in [1.29, 1.82) is 0 Å². The lowest BCUT2D eigenvalue weighted by Crippen LogP contribution is -2.26. The Labute approximate surface area is 115 Å². The fourth-order valence-electron chi connectivity index (χ4n) is 2.06. The predicted octanol–water partition coefficient (Wildman–Crippen LogP) is 1.76. The van der Waals surface area contributed by atoms with Gasteiger partial charge in [-0.25, -0.2) is 0 Å². The van der Waals surface area contributed by atoms with E-state index in [9.17, 15) is 9.59 Å². The second-order valence-corrected chi connectivity index (χ2v) is 5.32. The summed E-state index contributed by atoms with van der Waals surface area (Å²) in [5.41, 5.74) is 5.56. The largest absolute Gasteiger partial charge is 0.481 e. The summed E-state index contributed by atoms with van der Waals surface area (Å²) in [5.74, 6) is 0.320. The first kappa shape index (κ1) is 17.9. The number of carboxylic acids is 1. The Morgan fingerprint density at radius 2 is 1.84 bits per heavy atom. The van der Waals surface area contributed by atoms with Crippen LogP contribution in [-0.2, 0) is 9.59 Å². The zero-order chi connectivity index (χ0) is 14.7. The minimum absolute atomic E-state index is 0.0537. The molecule has 1 atom stereocenters. The van der Waals surface area contributed by atoms with Gasteiger partial charge in [-0.1, -0.05) is 13.8 Å². The van der Waals surface area contributed by atoms with E-state index >= 15 is 0 Å². The second kappa shape index (κ2) is 10.8. The molecule has 0 aromatic rings. The van der Waals surface area contributed by atoms with Crippen molar-refractivity contribution in [2.75, 3.05) is 13.1 Å². The van der Waals surface area contributed by atoms with Gasteiger partial charge in [0, 0.05) is 19.4 Å². The summed E-state index contributed by atoms with van der Waals surface area (Å²) in [5, 5.41) is 11.3. The molecule has 0 aromatic heterocycles. The molecule has 0 aliphatic carbocycles. The topological polar surface area (TPSA) is 92.4 Å². The molecular weight excluding hydrogens is 244 g/mol. The van der Waals surface area contributed by atoms with Gasteiger partial charge in [0.15, 0.2) is 0 Å². The minimum Gasteiger partial charge on any atom is -0.481 e. The first-order chi connectivity index (χ1) is 8.97. The van der Waals surface area contributed by atoms with Crippen molar-refractivity contribution in [1.82, 2.24) is 5.32 Å². The monoisotopic (exact) mass is 272 g/mol. The summed E-state index contributed by atoms with van der Waals surface area (Å²) >= 11 is 0. The summed E-state index contributed by atoms with van der Waals surface area (Å²) in [6.45, 7) is 5.54. The highest BCUT2D eigenvalue weighted by Crippen LogP contribution is 2.20. The molecule has 5 nitrogen and oxygen atoms in total. The van der Waals surface area contributed by atoms with Crippen LogP contribution in [0.4, 0.5) is 0 Å². The zero-order valence-electron chi connectivity index (χ0n) is 12.2. The summed E-state index contributed by atoms with van der Waals surface area (Å²) in [7, 11) is 0. The van der Waals surface area contributed by atoms with E-state index in [4.69, 9.17) is 10.8 Å². The Morgan fingerprint density at radius 3 is 2.37 bits per heavy atom. The quantitative estimate of drug-likeness (QED) is 0.500. The Hall–Kier alpha value is -1.10. The number of rotatable bonds is 11. The van der Waals surface area contributed by atoms with Gasteiger partial charge in [0.2, 0.25) is 5.91 Å². The van der Waals surface area contributed by atoms with Gasteiger partial charge >= 0.3 is 5.97 Å². The van der Waals surface area contributed by atoms with E-state index in [1.54, 1.807) is 0 Å². The van der Waals surface area contributed by atoms with Crippen LogP contribution in [0.2, 0.25) is 0 Å². The summed E-state index contributed by atoms with van der Waals surface area (Å²) in [6.07, 6.45) is 3.86. The Morgan fingerprint density at radius 1 is 1.16 bits per heavy atom. The number of unbranched alkanes of at least 4 members (excludes halogenated alkanes) is 1. The van der Waals surface area contributed by atoms with Crippen LogP contribution in [0.5, 0.6) is 0 Å². The third-order valence-electron chi connectivity index (χ3n) is 3.36. The van der Waals surface area contributed by atoms with E-state index in [1.165, 1.54) is 0 Å². The van der Waals surface area contributed by atoms with Crippen LogP contribution in [0.15, 0.2) is 0 Å². The molecule has 5 heteroatoms. The lowest BCUT2D eigenvalue weighted by atomic mass is 9.88. The van der Waals surface area contributed by atoms with E-state index < -0.39 is 5.97 Å². The molecule has 0 fully saturated rings. The Kier molecular flexibility index (Phi) is 10.2.